The molecule has 0 saturated carbocycles. The minimum absolute atomic E-state index is 0.00157. The molecule has 14 heavy (non-hydrogen) atoms. The molecule has 0 amide bonds. The van der Waals surface area contributed by atoms with E-state index < -0.39 is 5.97 Å². The van der Waals surface area contributed by atoms with Gasteiger partial charge < -0.3 is 10.2 Å². The topological polar surface area (TPSA) is 57.5 Å². The number of benzene rings is 1. The van der Waals surface area contributed by atoms with Crippen LogP contribution in [0.15, 0.2) is 22.4 Å². The Bertz CT molecular complexity index is 516. The summed E-state index contributed by atoms with van der Waals surface area (Å²) in [5, 5.41) is 20.2. The molecule has 3 nitrogen and oxygen atoms in total. The van der Waals surface area contributed by atoms with E-state index in [1.165, 1.54) is 22.8 Å². The molecule has 0 spiro atoms. The van der Waals surface area contributed by atoms with Crippen molar-refractivity contribution < 1.29 is 15.0 Å². The van der Waals surface area contributed by atoms with Crippen LogP contribution >= 0.6 is 24.0 Å². The van der Waals surface area contributed by atoms with Crippen molar-refractivity contribution >= 4 is 40.0 Å². The lowest BCUT2D eigenvalue weighted by Crippen LogP contribution is -1.96. The number of hydrogen-bond acceptors (Lipinski definition) is 4. The van der Waals surface area contributed by atoms with E-state index in [0.29, 0.717) is 15.0 Å². The largest absolute Gasteiger partial charge is 0.506 e. The minimum Gasteiger partial charge on any atom is -0.506 e. The Hall–Kier alpha value is -1.20. The number of thiol groups is 1. The highest BCUT2D eigenvalue weighted by atomic mass is 32.1. The van der Waals surface area contributed by atoms with Gasteiger partial charge in [0, 0.05) is 15.7 Å². The van der Waals surface area contributed by atoms with Crippen molar-refractivity contribution in [1.82, 2.24) is 0 Å². The average molecular weight is 226 g/mol. The van der Waals surface area contributed by atoms with E-state index in [2.05, 4.69) is 12.6 Å². The van der Waals surface area contributed by atoms with Gasteiger partial charge in [-0.2, -0.15) is 0 Å². The van der Waals surface area contributed by atoms with Crippen LogP contribution < -0.4 is 0 Å². The van der Waals surface area contributed by atoms with E-state index in [0.717, 1.165) is 0 Å². The average Bonchev–Trinajstić information content (AvgIpc) is 2.50. The number of rotatable bonds is 1. The number of thiophene rings is 1. The van der Waals surface area contributed by atoms with Crippen LogP contribution in [0.5, 0.6) is 5.75 Å². The van der Waals surface area contributed by atoms with E-state index in [9.17, 15) is 9.90 Å². The van der Waals surface area contributed by atoms with Gasteiger partial charge in [-0.05, 0) is 12.1 Å². The van der Waals surface area contributed by atoms with Crippen LogP contribution in [-0.4, -0.2) is 16.2 Å². The maximum atomic E-state index is 10.8. The second-order valence-electron chi connectivity index (χ2n) is 2.76. The van der Waals surface area contributed by atoms with Gasteiger partial charge in [-0.3, -0.25) is 0 Å². The Labute approximate surface area is 89.0 Å². The molecule has 2 N–H and O–H groups in total. The number of aromatic hydroxyl groups is 1. The Kier molecular flexibility index (Phi) is 2.13. The lowest BCUT2D eigenvalue weighted by atomic mass is 10.1. The standard InChI is InChI=1S/C9H6O3S2/c10-5-3-14-8-6(13)2-1-4(7(5)8)9(11)12/h1-3,10,13H,(H,11,12). The predicted molar refractivity (Wildman–Crippen MR) is 57.7 cm³/mol. The van der Waals surface area contributed by atoms with E-state index >= 15 is 0 Å². The summed E-state index contributed by atoms with van der Waals surface area (Å²) in [5.74, 6) is -1.05. The van der Waals surface area contributed by atoms with Gasteiger partial charge in [0.2, 0.25) is 0 Å². The first kappa shape index (κ1) is 9.36. The number of fused-ring (bicyclic) bond motifs is 1. The smallest absolute Gasteiger partial charge is 0.336 e. The van der Waals surface area contributed by atoms with Crippen LogP contribution in [0, 0.1) is 0 Å². The van der Waals surface area contributed by atoms with E-state index in [1.54, 1.807) is 6.07 Å². The van der Waals surface area contributed by atoms with Crippen molar-refractivity contribution in [2.24, 2.45) is 0 Å². The molecule has 5 heteroatoms. The van der Waals surface area contributed by atoms with Crippen molar-refractivity contribution in [3.63, 3.8) is 0 Å². The molecule has 0 aliphatic rings. The summed E-state index contributed by atoms with van der Waals surface area (Å²) in [6, 6.07) is 3.06. The number of carboxylic acid groups (broad SMARTS) is 1. The molecule has 1 heterocycles. The van der Waals surface area contributed by atoms with Crippen molar-refractivity contribution in [2.75, 3.05) is 0 Å². The number of hydrogen-bond donors (Lipinski definition) is 3. The Morgan fingerprint density at radius 3 is 2.79 bits per heavy atom. The monoisotopic (exact) mass is 226 g/mol. The van der Waals surface area contributed by atoms with Gasteiger partial charge in [0.1, 0.15) is 5.75 Å². The molecule has 0 bridgehead atoms. The van der Waals surface area contributed by atoms with Crippen LogP contribution in [0.3, 0.4) is 0 Å². The van der Waals surface area contributed by atoms with Crippen molar-refractivity contribution in [2.45, 2.75) is 4.90 Å². The van der Waals surface area contributed by atoms with Crippen LogP contribution in [0.4, 0.5) is 0 Å². The quantitative estimate of drug-likeness (QED) is 0.655. The molecule has 0 fully saturated rings. The second-order valence-corrected chi connectivity index (χ2v) is 4.12. The van der Waals surface area contributed by atoms with Crippen LogP contribution in [0.25, 0.3) is 10.1 Å². The Morgan fingerprint density at radius 1 is 1.43 bits per heavy atom. The van der Waals surface area contributed by atoms with Gasteiger partial charge in [0.15, 0.2) is 0 Å². The normalized spacial score (nSPS) is 10.6. The first-order valence-corrected chi connectivity index (χ1v) is 5.09. The number of carboxylic acids is 1. The molecule has 2 aromatic rings. The zero-order valence-corrected chi connectivity index (χ0v) is 8.60. The summed E-state index contributed by atoms with van der Waals surface area (Å²) in [6.45, 7) is 0. The molecule has 0 aliphatic heterocycles. The third-order valence-electron chi connectivity index (χ3n) is 1.91. The van der Waals surface area contributed by atoms with Gasteiger partial charge in [0.25, 0.3) is 0 Å². The molecule has 72 valence electrons. The number of aromatic carboxylic acids is 1. The number of carbonyl (C=O) groups is 1. The van der Waals surface area contributed by atoms with Crippen LogP contribution in [0.1, 0.15) is 10.4 Å². The zero-order chi connectivity index (χ0) is 10.3. The van der Waals surface area contributed by atoms with Crippen LogP contribution in [0.2, 0.25) is 0 Å². The summed E-state index contributed by atoms with van der Waals surface area (Å²) in [5.41, 5.74) is 0.108. The van der Waals surface area contributed by atoms with Crippen LogP contribution in [-0.2, 0) is 0 Å². The summed E-state index contributed by atoms with van der Waals surface area (Å²) in [7, 11) is 0. The molecule has 0 saturated heterocycles. The SMILES string of the molecule is O=C(O)c1ccc(S)c2scc(O)c12. The van der Waals surface area contributed by atoms with Gasteiger partial charge >= 0.3 is 5.97 Å². The first-order chi connectivity index (χ1) is 6.61. The predicted octanol–water partition coefficient (Wildman–Crippen LogP) is 2.59. The fourth-order valence-electron chi connectivity index (χ4n) is 1.30. The van der Waals surface area contributed by atoms with Gasteiger partial charge in [-0.15, -0.1) is 24.0 Å². The fourth-order valence-corrected chi connectivity index (χ4v) is 2.51. The van der Waals surface area contributed by atoms with Gasteiger partial charge in [-0.1, -0.05) is 0 Å². The summed E-state index contributed by atoms with van der Waals surface area (Å²) >= 11 is 5.47. The zero-order valence-electron chi connectivity index (χ0n) is 6.89. The van der Waals surface area contributed by atoms with E-state index in [4.69, 9.17) is 5.11 Å². The fraction of sp³-hybridized carbons (Fsp3) is 0. The molecule has 0 radical (unpaired) electrons. The highest BCUT2D eigenvalue weighted by Gasteiger charge is 2.14. The maximum absolute atomic E-state index is 10.8. The maximum Gasteiger partial charge on any atom is 0.336 e. The third kappa shape index (κ3) is 1.25. The molecule has 0 aliphatic carbocycles. The van der Waals surface area contributed by atoms with Gasteiger partial charge in [0.05, 0.1) is 10.3 Å². The van der Waals surface area contributed by atoms with Gasteiger partial charge in [-0.25, -0.2) is 4.79 Å². The van der Waals surface area contributed by atoms with Crippen molar-refractivity contribution in [1.29, 1.82) is 0 Å². The van der Waals surface area contributed by atoms with Crippen molar-refractivity contribution in [3.8, 4) is 5.75 Å². The molecule has 2 rings (SSSR count). The first-order valence-electron chi connectivity index (χ1n) is 3.76. The molecule has 0 unspecified atom stereocenters. The Balaban J connectivity index is 2.92. The third-order valence-corrected chi connectivity index (χ3v) is 3.44. The lowest BCUT2D eigenvalue weighted by Gasteiger charge is -2.00. The Morgan fingerprint density at radius 2 is 2.14 bits per heavy atom. The van der Waals surface area contributed by atoms with E-state index in [1.807, 2.05) is 0 Å². The molecular formula is C9H6O3S2. The summed E-state index contributed by atoms with van der Waals surface area (Å²) in [4.78, 5) is 11.5. The van der Waals surface area contributed by atoms with E-state index in [-0.39, 0.29) is 11.3 Å². The highest BCUT2D eigenvalue weighted by molar-refractivity contribution is 7.80. The molecule has 1 aromatic carbocycles. The highest BCUT2D eigenvalue weighted by Crippen LogP contribution is 2.37. The van der Waals surface area contributed by atoms with Crippen molar-refractivity contribution in [3.05, 3.63) is 23.1 Å². The molecular weight excluding hydrogens is 220 g/mol. The summed E-state index contributed by atoms with van der Waals surface area (Å²) in [6.07, 6.45) is 0. The second kappa shape index (κ2) is 3.18. The molecule has 1 aromatic heterocycles. The lowest BCUT2D eigenvalue weighted by molar-refractivity contribution is 0.0699. The summed E-state index contributed by atoms with van der Waals surface area (Å²) < 4.78 is 0.700. The molecule has 0 atom stereocenters. The minimum atomic E-state index is -1.04.